The van der Waals surface area contributed by atoms with Crippen LogP contribution in [-0.4, -0.2) is 10.1 Å². The monoisotopic (exact) mass is 184 g/mol. The number of aromatic nitrogens is 1. The number of hydrogen-bond acceptors (Lipinski definition) is 3. The second kappa shape index (κ2) is 3.44. The SMILES string of the molecule is N#Cc1cnc2ccc(CO)cc2c1. The minimum Gasteiger partial charge on any atom is -0.392 e. The summed E-state index contributed by atoms with van der Waals surface area (Å²) in [6.07, 6.45) is 1.54. The van der Waals surface area contributed by atoms with E-state index in [-0.39, 0.29) is 6.61 Å². The van der Waals surface area contributed by atoms with Crippen molar-refractivity contribution in [2.45, 2.75) is 6.61 Å². The molecule has 0 unspecified atom stereocenters. The number of hydrogen-bond donors (Lipinski definition) is 1. The third kappa shape index (κ3) is 1.43. The summed E-state index contributed by atoms with van der Waals surface area (Å²) >= 11 is 0. The van der Waals surface area contributed by atoms with Crippen LogP contribution in [0.3, 0.4) is 0 Å². The van der Waals surface area contributed by atoms with Crippen molar-refractivity contribution in [3.8, 4) is 6.07 Å². The number of fused-ring (bicyclic) bond motifs is 1. The maximum atomic E-state index is 8.94. The highest BCUT2D eigenvalue weighted by molar-refractivity contribution is 5.80. The van der Waals surface area contributed by atoms with Crippen molar-refractivity contribution in [3.63, 3.8) is 0 Å². The fraction of sp³-hybridized carbons (Fsp3) is 0.0909. The molecule has 1 aromatic heterocycles. The van der Waals surface area contributed by atoms with Crippen LogP contribution in [0.25, 0.3) is 10.9 Å². The topological polar surface area (TPSA) is 56.9 Å². The van der Waals surface area contributed by atoms with Crippen molar-refractivity contribution in [3.05, 3.63) is 41.6 Å². The quantitative estimate of drug-likeness (QED) is 0.732. The van der Waals surface area contributed by atoms with Gasteiger partial charge in [0.1, 0.15) is 6.07 Å². The summed E-state index contributed by atoms with van der Waals surface area (Å²) in [7, 11) is 0. The minimum absolute atomic E-state index is 0.00667. The lowest BCUT2D eigenvalue weighted by atomic mass is 10.1. The first-order valence-electron chi connectivity index (χ1n) is 4.23. The lowest BCUT2D eigenvalue weighted by Gasteiger charge is -1.99. The molecule has 3 nitrogen and oxygen atoms in total. The number of aliphatic hydroxyl groups is 1. The van der Waals surface area contributed by atoms with Crippen molar-refractivity contribution in [2.24, 2.45) is 0 Å². The number of rotatable bonds is 1. The van der Waals surface area contributed by atoms with E-state index in [1.165, 1.54) is 0 Å². The molecule has 3 heteroatoms. The van der Waals surface area contributed by atoms with E-state index < -0.39 is 0 Å². The normalized spacial score (nSPS) is 10.0. The third-order valence-electron chi connectivity index (χ3n) is 2.06. The number of nitriles is 1. The van der Waals surface area contributed by atoms with Crippen LogP contribution in [0.2, 0.25) is 0 Å². The largest absolute Gasteiger partial charge is 0.392 e. The highest BCUT2D eigenvalue weighted by Gasteiger charge is 1.98. The van der Waals surface area contributed by atoms with Crippen LogP contribution in [0.5, 0.6) is 0 Å². The summed E-state index contributed by atoms with van der Waals surface area (Å²) in [6, 6.07) is 9.29. The summed E-state index contributed by atoms with van der Waals surface area (Å²) in [5.74, 6) is 0. The number of benzene rings is 1. The van der Waals surface area contributed by atoms with E-state index in [9.17, 15) is 0 Å². The third-order valence-corrected chi connectivity index (χ3v) is 2.06. The molecular weight excluding hydrogens is 176 g/mol. The molecule has 0 fully saturated rings. The Morgan fingerprint density at radius 3 is 2.93 bits per heavy atom. The van der Waals surface area contributed by atoms with E-state index in [0.29, 0.717) is 5.56 Å². The van der Waals surface area contributed by atoms with E-state index in [0.717, 1.165) is 16.5 Å². The Hall–Kier alpha value is -1.92. The predicted molar refractivity (Wildman–Crippen MR) is 52.4 cm³/mol. The van der Waals surface area contributed by atoms with Gasteiger partial charge in [0.05, 0.1) is 17.7 Å². The van der Waals surface area contributed by atoms with Crippen LogP contribution < -0.4 is 0 Å². The molecule has 1 N–H and O–H groups in total. The second-order valence-corrected chi connectivity index (χ2v) is 3.02. The first-order chi connectivity index (χ1) is 6.83. The summed E-state index contributed by atoms with van der Waals surface area (Å²) in [6.45, 7) is 0.00667. The average Bonchev–Trinajstić information content (AvgIpc) is 2.27. The summed E-state index contributed by atoms with van der Waals surface area (Å²) in [5, 5.41) is 18.5. The molecule has 0 bridgehead atoms. The Bertz CT molecular complexity index is 514. The van der Waals surface area contributed by atoms with E-state index in [1.807, 2.05) is 24.3 Å². The zero-order valence-corrected chi connectivity index (χ0v) is 7.44. The average molecular weight is 184 g/mol. The zero-order valence-electron chi connectivity index (χ0n) is 7.44. The molecule has 2 aromatic rings. The molecule has 0 radical (unpaired) electrons. The van der Waals surface area contributed by atoms with Gasteiger partial charge in [-0.3, -0.25) is 4.98 Å². The maximum absolute atomic E-state index is 8.94. The van der Waals surface area contributed by atoms with E-state index in [1.54, 1.807) is 12.3 Å². The summed E-state index contributed by atoms with van der Waals surface area (Å²) < 4.78 is 0. The van der Waals surface area contributed by atoms with Gasteiger partial charge in [0.15, 0.2) is 0 Å². The second-order valence-electron chi connectivity index (χ2n) is 3.02. The summed E-state index contributed by atoms with van der Waals surface area (Å²) in [5.41, 5.74) is 2.20. The van der Waals surface area contributed by atoms with Crippen LogP contribution in [0, 0.1) is 11.3 Å². The molecule has 0 amide bonds. The molecule has 0 saturated carbocycles. The standard InChI is InChI=1S/C11H8N2O/c12-5-9-4-10-3-8(7-14)1-2-11(10)13-6-9/h1-4,6,14H,7H2. The van der Waals surface area contributed by atoms with Gasteiger partial charge in [0.2, 0.25) is 0 Å². The molecule has 68 valence electrons. The van der Waals surface area contributed by atoms with Crippen LogP contribution >= 0.6 is 0 Å². The molecule has 2 rings (SSSR count). The van der Waals surface area contributed by atoms with Crippen molar-refractivity contribution < 1.29 is 5.11 Å². The van der Waals surface area contributed by atoms with Gasteiger partial charge in [-0.25, -0.2) is 0 Å². The Morgan fingerprint density at radius 2 is 2.21 bits per heavy atom. The van der Waals surface area contributed by atoms with Crippen LogP contribution in [0.15, 0.2) is 30.5 Å². The molecule has 0 atom stereocenters. The van der Waals surface area contributed by atoms with Gasteiger partial charge in [0, 0.05) is 11.6 Å². The van der Waals surface area contributed by atoms with Gasteiger partial charge >= 0.3 is 0 Å². The first kappa shape index (κ1) is 8.67. The summed E-state index contributed by atoms with van der Waals surface area (Å²) in [4.78, 5) is 4.12. The van der Waals surface area contributed by atoms with E-state index in [2.05, 4.69) is 4.98 Å². The minimum atomic E-state index is 0.00667. The van der Waals surface area contributed by atoms with Crippen molar-refractivity contribution >= 4 is 10.9 Å². The lowest BCUT2D eigenvalue weighted by Crippen LogP contribution is -1.86. The van der Waals surface area contributed by atoms with Crippen molar-refractivity contribution in [2.75, 3.05) is 0 Å². The molecule has 0 aliphatic heterocycles. The number of pyridine rings is 1. The van der Waals surface area contributed by atoms with Crippen LogP contribution in [0.1, 0.15) is 11.1 Å². The Kier molecular flexibility index (Phi) is 2.13. The van der Waals surface area contributed by atoms with Gasteiger partial charge < -0.3 is 5.11 Å². The fourth-order valence-corrected chi connectivity index (χ4v) is 1.34. The smallest absolute Gasteiger partial charge is 0.101 e. The molecule has 14 heavy (non-hydrogen) atoms. The van der Waals surface area contributed by atoms with E-state index in [4.69, 9.17) is 10.4 Å². The van der Waals surface area contributed by atoms with Crippen molar-refractivity contribution in [1.29, 1.82) is 5.26 Å². The highest BCUT2D eigenvalue weighted by atomic mass is 16.3. The van der Waals surface area contributed by atoms with Gasteiger partial charge in [-0.15, -0.1) is 0 Å². The van der Waals surface area contributed by atoms with Crippen LogP contribution in [-0.2, 0) is 6.61 Å². The van der Waals surface area contributed by atoms with Gasteiger partial charge in [0.25, 0.3) is 0 Å². The molecular formula is C11H8N2O. The molecule has 1 aromatic carbocycles. The molecule has 0 saturated heterocycles. The highest BCUT2D eigenvalue weighted by Crippen LogP contribution is 2.15. The Morgan fingerprint density at radius 1 is 1.36 bits per heavy atom. The molecule has 0 spiro atoms. The predicted octanol–water partition coefficient (Wildman–Crippen LogP) is 1.60. The Balaban J connectivity index is 2.67. The van der Waals surface area contributed by atoms with Crippen molar-refractivity contribution in [1.82, 2.24) is 4.98 Å². The van der Waals surface area contributed by atoms with Gasteiger partial charge in [-0.2, -0.15) is 5.26 Å². The van der Waals surface area contributed by atoms with Crippen LogP contribution in [0.4, 0.5) is 0 Å². The maximum Gasteiger partial charge on any atom is 0.101 e. The number of nitrogens with zero attached hydrogens (tertiary/aromatic N) is 2. The van der Waals surface area contributed by atoms with Gasteiger partial charge in [-0.05, 0) is 23.8 Å². The van der Waals surface area contributed by atoms with Gasteiger partial charge in [-0.1, -0.05) is 6.07 Å². The Labute approximate surface area is 81.2 Å². The molecule has 0 aliphatic carbocycles. The molecule has 0 aliphatic rings. The first-order valence-corrected chi connectivity index (χ1v) is 4.23. The number of aliphatic hydroxyl groups excluding tert-OH is 1. The zero-order chi connectivity index (χ0) is 9.97. The molecule has 1 heterocycles. The lowest BCUT2D eigenvalue weighted by molar-refractivity contribution is 0.282. The fourth-order valence-electron chi connectivity index (χ4n) is 1.34. The van der Waals surface area contributed by atoms with E-state index >= 15 is 0 Å².